The number of rotatable bonds is 3. The van der Waals surface area contributed by atoms with Crippen LogP contribution in [-0.4, -0.2) is 45.0 Å². The molecule has 0 unspecified atom stereocenters. The lowest BCUT2D eigenvalue weighted by atomic mass is 9.92. The standard InChI is InChI=1S/C23H27N5O/c1-17-14-21-23(24-9-13-28(21)25-17)26-10-6-18(7-11-26)15-22(29)27-12-8-19-4-2-3-5-20(19)16-27/h2-5,9,13-14,18H,6-8,10-12,15-16H2,1H3. The maximum absolute atomic E-state index is 12.9. The monoisotopic (exact) mass is 389 g/mol. The molecule has 150 valence electrons. The van der Waals surface area contributed by atoms with Gasteiger partial charge in [-0.05, 0) is 49.3 Å². The number of piperidine rings is 1. The molecular formula is C23H27N5O. The summed E-state index contributed by atoms with van der Waals surface area (Å²) in [6.07, 6.45) is 7.42. The predicted molar refractivity (Wildman–Crippen MR) is 113 cm³/mol. The SMILES string of the molecule is Cc1cc2c(N3CCC(CC(=O)N4CCc5ccccc5C4)CC3)nccn2n1. The lowest BCUT2D eigenvalue weighted by Gasteiger charge is -2.34. The van der Waals surface area contributed by atoms with Crippen molar-refractivity contribution >= 4 is 17.2 Å². The Morgan fingerprint density at radius 3 is 2.76 bits per heavy atom. The lowest BCUT2D eigenvalue weighted by molar-refractivity contribution is -0.133. The second kappa shape index (κ2) is 7.50. The van der Waals surface area contributed by atoms with E-state index < -0.39 is 0 Å². The zero-order valence-electron chi connectivity index (χ0n) is 16.9. The molecule has 1 aromatic carbocycles. The van der Waals surface area contributed by atoms with Crippen molar-refractivity contribution in [3.63, 3.8) is 0 Å². The Bertz CT molecular complexity index is 1030. The number of benzene rings is 1. The highest BCUT2D eigenvalue weighted by Gasteiger charge is 2.27. The second-order valence-corrected chi connectivity index (χ2v) is 8.33. The maximum atomic E-state index is 12.9. The van der Waals surface area contributed by atoms with Gasteiger partial charge in [0.1, 0.15) is 5.52 Å². The molecule has 0 aliphatic carbocycles. The summed E-state index contributed by atoms with van der Waals surface area (Å²) in [5, 5.41) is 4.49. The molecule has 6 nitrogen and oxygen atoms in total. The zero-order chi connectivity index (χ0) is 19.8. The summed E-state index contributed by atoms with van der Waals surface area (Å²) in [5.74, 6) is 1.78. The smallest absolute Gasteiger partial charge is 0.223 e. The first kappa shape index (κ1) is 18.2. The van der Waals surface area contributed by atoms with Crippen LogP contribution in [0.25, 0.3) is 5.52 Å². The topological polar surface area (TPSA) is 53.7 Å². The van der Waals surface area contributed by atoms with E-state index in [2.05, 4.69) is 45.3 Å². The number of hydrogen-bond acceptors (Lipinski definition) is 4. The molecule has 4 heterocycles. The molecule has 6 heteroatoms. The minimum Gasteiger partial charge on any atom is -0.355 e. The predicted octanol–water partition coefficient (Wildman–Crippen LogP) is 3.23. The third-order valence-electron chi connectivity index (χ3n) is 6.35. The van der Waals surface area contributed by atoms with Crippen LogP contribution in [-0.2, 0) is 17.8 Å². The van der Waals surface area contributed by atoms with Crippen molar-refractivity contribution in [2.45, 2.75) is 39.2 Å². The van der Waals surface area contributed by atoms with Gasteiger partial charge in [-0.1, -0.05) is 24.3 Å². The van der Waals surface area contributed by atoms with Crippen molar-refractivity contribution in [3.8, 4) is 0 Å². The molecule has 1 amide bonds. The van der Waals surface area contributed by atoms with E-state index in [1.54, 1.807) is 0 Å². The largest absolute Gasteiger partial charge is 0.355 e. The Morgan fingerprint density at radius 2 is 1.93 bits per heavy atom. The Hall–Kier alpha value is -2.89. The first-order valence-electron chi connectivity index (χ1n) is 10.6. The summed E-state index contributed by atoms with van der Waals surface area (Å²) in [7, 11) is 0. The Labute approximate surface area is 171 Å². The molecular weight excluding hydrogens is 362 g/mol. The zero-order valence-corrected chi connectivity index (χ0v) is 16.9. The van der Waals surface area contributed by atoms with Gasteiger partial charge in [0.15, 0.2) is 5.82 Å². The normalized spacial score (nSPS) is 17.6. The van der Waals surface area contributed by atoms with Crippen molar-refractivity contribution in [2.24, 2.45) is 5.92 Å². The molecule has 0 radical (unpaired) electrons. The number of aryl methyl sites for hydroxylation is 1. The third kappa shape index (κ3) is 3.59. The molecule has 3 aromatic rings. The molecule has 2 aliphatic heterocycles. The Kier molecular flexibility index (Phi) is 4.70. The average molecular weight is 390 g/mol. The maximum Gasteiger partial charge on any atom is 0.223 e. The van der Waals surface area contributed by atoms with Crippen LogP contribution in [0.3, 0.4) is 0 Å². The van der Waals surface area contributed by atoms with Crippen molar-refractivity contribution in [1.82, 2.24) is 19.5 Å². The summed E-state index contributed by atoms with van der Waals surface area (Å²) in [6.45, 7) is 5.50. The van der Waals surface area contributed by atoms with Crippen LogP contribution < -0.4 is 4.90 Å². The minimum absolute atomic E-state index is 0.310. The van der Waals surface area contributed by atoms with Gasteiger partial charge in [-0.15, -0.1) is 0 Å². The van der Waals surface area contributed by atoms with E-state index in [9.17, 15) is 4.79 Å². The quantitative estimate of drug-likeness (QED) is 0.690. The van der Waals surface area contributed by atoms with E-state index in [1.165, 1.54) is 11.1 Å². The number of amides is 1. The van der Waals surface area contributed by atoms with Crippen LogP contribution in [0, 0.1) is 12.8 Å². The van der Waals surface area contributed by atoms with Crippen LogP contribution in [0.15, 0.2) is 42.7 Å². The van der Waals surface area contributed by atoms with Gasteiger partial charge >= 0.3 is 0 Å². The summed E-state index contributed by atoms with van der Waals surface area (Å²) in [6, 6.07) is 10.6. The lowest BCUT2D eigenvalue weighted by Crippen LogP contribution is -2.39. The molecule has 2 aliphatic rings. The van der Waals surface area contributed by atoms with Crippen LogP contribution in [0.4, 0.5) is 5.82 Å². The fraction of sp³-hybridized carbons (Fsp3) is 0.435. The summed E-state index contributed by atoms with van der Waals surface area (Å²) in [4.78, 5) is 21.9. The van der Waals surface area contributed by atoms with Gasteiger partial charge in [-0.25, -0.2) is 9.50 Å². The number of carbonyl (C=O) groups is 1. The van der Waals surface area contributed by atoms with Crippen molar-refractivity contribution in [3.05, 3.63) is 59.5 Å². The minimum atomic E-state index is 0.310. The van der Waals surface area contributed by atoms with Gasteiger partial charge in [0, 0.05) is 45.0 Å². The number of nitrogens with zero attached hydrogens (tertiary/aromatic N) is 5. The van der Waals surface area contributed by atoms with E-state index in [0.29, 0.717) is 18.2 Å². The van der Waals surface area contributed by atoms with Crippen molar-refractivity contribution in [2.75, 3.05) is 24.5 Å². The molecule has 0 spiro atoms. The van der Waals surface area contributed by atoms with E-state index in [4.69, 9.17) is 0 Å². The van der Waals surface area contributed by atoms with Crippen LogP contribution in [0.1, 0.15) is 36.1 Å². The van der Waals surface area contributed by atoms with Crippen LogP contribution >= 0.6 is 0 Å². The van der Waals surface area contributed by atoms with Crippen molar-refractivity contribution in [1.29, 1.82) is 0 Å². The number of anilines is 1. The van der Waals surface area contributed by atoms with Gasteiger partial charge in [0.25, 0.3) is 0 Å². The average Bonchev–Trinajstić information content (AvgIpc) is 3.14. The van der Waals surface area contributed by atoms with Gasteiger partial charge in [0.05, 0.1) is 5.69 Å². The number of aromatic nitrogens is 3. The number of carbonyl (C=O) groups excluding carboxylic acids is 1. The van der Waals surface area contributed by atoms with E-state index in [0.717, 1.165) is 62.5 Å². The number of fused-ring (bicyclic) bond motifs is 2. The number of hydrogen-bond donors (Lipinski definition) is 0. The Morgan fingerprint density at radius 1 is 1.14 bits per heavy atom. The van der Waals surface area contributed by atoms with Gasteiger partial charge < -0.3 is 9.80 Å². The molecule has 0 N–H and O–H groups in total. The van der Waals surface area contributed by atoms with E-state index >= 15 is 0 Å². The fourth-order valence-electron chi connectivity index (χ4n) is 4.71. The van der Waals surface area contributed by atoms with Gasteiger partial charge in [-0.2, -0.15) is 5.10 Å². The second-order valence-electron chi connectivity index (χ2n) is 8.33. The molecule has 29 heavy (non-hydrogen) atoms. The fourth-order valence-corrected chi connectivity index (χ4v) is 4.71. The summed E-state index contributed by atoms with van der Waals surface area (Å²) < 4.78 is 1.90. The van der Waals surface area contributed by atoms with Crippen molar-refractivity contribution < 1.29 is 4.79 Å². The highest BCUT2D eigenvalue weighted by atomic mass is 16.2. The highest BCUT2D eigenvalue weighted by Crippen LogP contribution is 2.28. The molecule has 1 fully saturated rings. The molecule has 5 rings (SSSR count). The third-order valence-corrected chi connectivity index (χ3v) is 6.35. The molecule has 0 atom stereocenters. The Balaban J connectivity index is 1.20. The molecule has 1 saturated heterocycles. The molecule has 2 aromatic heterocycles. The molecule has 0 saturated carbocycles. The summed E-state index contributed by atoms with van der Waals surface area (Å²) >= 11 is 0. The van der Waals surface area contributed by atoms with Gasteiger partial charge in [-0.3, -0.25) is 4.79 Å². The highest BCUT2D eigenvalue weighted by molar-refractivity contribution is 5.77. The van der Waals surface area contributed by atoms with E-state index in [1.807, 2.05) is 28.7 Å². The van der Waals surface area contributed by atoms with Crippen LogP contribution in [0.2, 0.25) is 0 Å². The first-order chi connectivity index (χ1) is 14.2. The first-order valence-corrected chi connectivity index (χ1v) is 10.6. The molecule has 0 bridgehead atoms. The van der Waals surface area contributed by atoms with Crippen LogP contribution in [0.5, 0.6) is 0 Å². The van der Waals surface area contributed by atoms with E-state index in [-0.39, 0.29) is 0 Å². The summed E-state index contributed by atoms with van der Waals surface area (Å²) in [5.41, 5.74) is 4.76. The van der Waals surface area contributed by atoms with Gasteiger partial charge in [0.2, 0.25) is 5.91 Å².